The molecular formula is C15H18F2N2O3. The Bertz CT molecular complexity index is 545. The van der Waals surface area contributed by atoms with Gasteiger partial charge in [0.15, 0.2) is 0 Å². The van der Waals surface area contributed by atoms with Crippen LogP contribution in [0.2, 0.25) is 0 Å². The van der Waals surface area contributed by atoms with Crippen molar-refractivity contribution in [2.24, 2.45) is 0 Å². The monoisotopic (exact) mass is 312 g/mol. The van der Waals surface area contributed by atoms with Crippen LogP contribution >= 0.6 is 0 Å². The molecule has 0 aromatic heterocycles. The highest BCUT2D eigenvalue weighted by Crippen LogP contribution is 2.19. The maximum Gasteiger partial charge on any atom is 0.323 e. The van der Waals surface area contributed by atoms with Gasteiger partial charge in [0.2, 0.25) is 5.91 Å². The van der Waals surface area contributed by atoms with Gasteiger partial charge in [0.1, 0.15) is 17.7 Å². The number of anilines is 1. The van der Waals surface area contributed by atoms with Crippen molar-refractivity contribution in [1.82, 2.24) is 4.90 Å². The molecule has 1 aromatic carbocycles. The summed E-state index contributed by atoms with van der Waals surface area (Å²) >= 11 is 0. The minimum Gasteiger partial charge on any atom is -0.468 e. The average Bonchev–Trinajstić information content (AvgIpc) is 2.91. The Morgan fingerprint density at radius 2 is 2.00 bits per heavy atom. The number of hydrogen-bond acceptors (Lipinski definition) is 4. The first-order valence-electron chi connectivity index (χ1n) is 7.07. The highest BCUT2D eigenvalue weighted by Gasteiger charge is 2.31. The lowest BCUT2D eigenvalue weighted by Gasteiger charge is -2.21. The van der Waals surface area contributed by atoms with Crippen molar-refractivity contribution >= 4 is 17.6 Å². The van der Waals surface area contributed by atoms with Crippen LogP contribution in [0.25, 0.3) is 0 Å². The van der Waals surface area contributed by atoms with Gasteiger partial charge in [0.25, 0.3) is 0 Å². The molecule has 1 N–H and O–H groups in total. The van der Waals surface area contributed by atoms with Crippen LogP contribution in [0.5, 0.6) is 0 Å². The third-order valence-electron chi connectivity index (χ3n) is 3.61. The summed E-state index contributed by atoms with van der Waals surface area (Å²) in [4.78, 5) is 25.3. The fraction of sp³-hybridized carbons (Fsp3) is 0.467. The number of rotatable bonds is 5. The van der Waals surface area contributed by atoms with Crippen LogP contribution < -0.4 is 5.32 Å². The standard InChI is InChI=1S/C15H18F2N2O3/c1-22-15(21)13-3-2-5-19(13)6-4-14(20)18-12-8-10(16)7-11(17)9-12/h7-9,13H,2-6H2,1H3,(H,18,20). The van der Waals surface area contributed by atoms with Crippen molar-refractivity contribution in [1.29, 1.82) is 0 Å². The normalized spacial score (nSPS) is 18.2. The molecule has 0 radical (unpaired) electrons. The molecule has 0 saturated carbocycles. The first-order chi connectivity index (χ1) is 10.5. The number of halogens is 2. The van der Waals surface area contributed by atoms with Crippen molar-refractivity contribution in [2.75, 3.05) is 25.5 Å². The lowest BCUT2D eigenvalue weighted by molar-refractivity contribution is -0.146. The van der Waals surface area contributed by atoms with E-state index in [0.717, 1.165) is 31.2 Å². The predicted molar refractivity (Wildman–Crippen MR) is 76.2 cm³/mol. The number of nitrogens with one attached hydrogen (secondary N) is 1. The van der Waals surface area contributed by atoms with E-state index in [4.69, 9.17) is 4.74 Å². The van der Waals surface area contributed by atoms with Gasteiger partial charge in [-0.2, -0.15) is 0 Å². The lowest BCUT2D eigenvalue weighted by atomic mass is 10.2. The second-order valence-corrected chi connectivity index (χ2v) is 5.17. The molecule has 1 amide bonds. The number of methoxy groups -OCH3 is 1. The molecule has 120 valence electrons. The number of amides is 1. The van der Waals surface area contributed by atoms with Crippen LogP contribution in [0.3, 0.4) is 0 Å². The number of carbonyl (C=O) groups excluding carboxylic acids is 2. The van der Waals surface area contributed by atoms with E-state index in [9.17, 15) is 18.4 Å². The zero-order valence-corrected chi connectivity index (χ0v) is 12.3. The largest absolute Gasteiger partial charge is 0.468 e. The van der Waals surface area contributed by atoms with Gasteiger partial charge in [-0.1, -0.05) is 0 Å². The predicted octanol–water partition coefficient (Wildman–Crippen LogP) is 1.93. The van der Waals surface area contributed by atoms with Crippen molar-refractivity contribution in [3.63, 3.8) is 0 Å². The molecular weight excluding hydrogens is 294 g/mol. The summed E-state index contributed by atoms with van der Waals surface area (Å²) in [6.07, 6.45) is 1.71. The minimum atomic E-state index is -0.749. The first-order valence-corrected chi connectivity index (χ1v) is 7.07. The Morgan fingerprint density at radius 3 is 2.64 bits per heavy atom. The summed E-state index contributed by atoms with van der Waals surface area (Å²) in [5.41, 5.74) is 0.0773. The Labute approximate surface area is 127 Å². The van der Waals surface area contributed by atoms with Crippen molar-refractivity contribution < 1.29 is 23.1 Å². The Hall–Kier alpha value is -2.02. The molecule has 1 aliphatic rings. The molecule has 1 saturated heterocycles. The molecule has 5 nitrogen and oxygen atoms in total. The SMILES string of the molecule is COC(=O)C1CCCN1CCC(=O)Nc1cc(F)cc(F)c1. The maximum absolute atomic E-state index is 13.0. The smallest absolute Gasteiger partial charge is 0.323 e. The highest BCUT2D eigenvalue weighted by molar-refractivity contribution is 5.90. The molecule has 0 aliphatic carbocycles. The van der Waals surface area contributed by atoms with E-state index in [1.54, 1.807) is 0 Å². The van der Waals surface area contributed by atoms with Crippen molar-refractivity contribution in [2.45, 2.75) is 25.3 Å². The zero-order valence-electron chi connectivity index (χ0n) is 12.3. The fourth-order valence-electron chi connectivity index (χ4n) is 2.59. The Kier molecular flexibility index (Phi) is 5.43. The summed E-state index contributed by atoms with van der Waals surface area (Å²) in [7, 11) is 1.34. The molecule has 1 unspecified atom stereocenters. The fourth-order valence-corrected chi connectivity index (χ4v) is 2.59. The zero-order chi connectivity index (χ0) is 16.1. The molecule has 0 spiro atoms. The van der Waals surface area contributed by atoms with E-state index in [0.29, 0.717) is 13.0 Å². The van der Waals surface area contributed by atoms with Crippen molar-refractivity contribution in [3.8, 4) is 0 Å². The molecule has 2 rings (SSSR count). The first kappa shape index (κ1) is 16.4. The van der Waals surface area contributed by atoms with Gasteiger partial charge in [-0.15, -0.1) is 0 Å². The van der Waals surface area contributed by atoms with E-state index < -0.39 is 11.6 Å². The summed E-state index contributed by atoms with van der Waals surface area (Å²) < 4.78 is 30.8. The van der Waals surface area contributed by atoms with E-state index in [-0.39, 0.29) is 30.0 Å². The van der Waals surface area contributed by atoms with Crippen molar-refractivity contribution in [3.05, 3.63) is 29.8 Å². The highest BCUT2D eigenvalue weighted by atomic mass is 19.1. The van der Waals surface area contributed by atoms with Gasteiger partial charge in [-0.05, 0) is 31.5 Å². The Morgan fingerprint density at radius 1 is 1.32 bits per heavy atom. The molecule has 1 atom stereocenters. The van der Waals surface area contributed by atoms with Gasteiger partial charge in [-0.3, -0.25) is 14.5 Å². The van der Waals surface area contributed by atoms with E-state index >= 15 is 0 Å². The van der Waals surface area contributed by atoms with Gasteiger partial charge in [0, 0.05) is 24.7 Å². The number of ether oxygens (including phenoxy) is 1. The second-order valence-electron chi connectivity index (χ2n) is 5.17. The number of esters is 1. The van der Waals surface area contributed by atoms with Crippen LogP contribution in [0.4, 0.5) is 14.5 Å². The van der Waals surface area contributed by atoms with E-state index in [1.807, 2.05) is 4.90 Å². The molecule has 1 heterocycles. The van der Waals surface area contributed by atoms with Gasteiger partial charge in [0.05, 0.1) is 7.11 Å². The second kappa shape index (κ2) is 7.31. The summed E-state index contributed by atoms with van der Waals surface area (Å²) in [6.45, 7) is 1.12. The molecule has 1 aromatic rings. The third kappa shape index (κ3) is 4.24. The molecule has 1 aliphatic heterocycles. The van der Waals surface area contributed by atoms with Crippen LogP contribution in [0.1, 0.15) is 19.3 Å². The summed E-state index contributed by atoms with van der Waals surface area (Å²) in [5.74, 6) is -2.16. The van der Waals surface area contributed by atoms with Gasteiger partial charge >= 0.3 is 5.97 Å². The molecule has 1 fully saturated rings. The van der Waals surface area contributed by atoms with Crippen LogP contribution in [-0.2, 0) is 14.3 Å². The van der Waals surface area contributed by atoms with E-state index in [1.165, 1.54) is 7.11 Å². The Balaban J connectivity index is 1.86. The minimum absolute atomic E-state index is 0.0773. The number of nitrogens with zero attached hydrogens (tertiary/aromatic N) is 1. The van der Waals surface area contributed by atoms with Crippen LogP contribution in [0.15, 0.2) is 18.2 Å². The van der Waals surface area contributed by atoms with Gasteiger partial charge in [-0.25, -0.2) is 8.78 Å². The van der Waals surface area contributed by atoms with Crippen LogP contribution in [-0.4, -0.2) is 43.0 Å². The summed E-state index contributed by atoms with van der Waals surface area (Å²) in [5, 5.41) is 2.44. The van der Waals surface area contributed by atoms with Gasteiger partial charge < -0.3 is 10.1 Å². The molecule has 0 bridgehead atoms. The number of benzene rings is 1. The lowest BCUT2D eigenvalue weighted by Crippen LogP contribution is -2.38. The molecule has 7 heteroatoms. The average molecular weight is 312 g/mol. The number of carbonyl (C=O) groups is 2. The maximum atomic E-state index is 13.0. The quantitative estimate of drug-likeness (QED) is 0.844. The third-order valence-corrected chi connectivity index (χ3v) is 3.61. The molecule has 22 heavy (non-hydrogen) atoms. The van der Waals surface area contributed by atoms with E-state index in [2.05, 4.69) is 5.32 Å². The van der Waals surface area contributed by atoms with Crippen LogP contribution in [0, 0.1) is 11.6 Å². The number of hydrogen-bond donors (Lipinski definition) is 1. The number of likely N-dealkylation sites (tertiary alicyclic amines) is 1. The summed E-state index contributed by atoms with van der Waals surface area (Å²) in [6, 6.07) is 2.52. The topological polar surface area (TPSA) is 58.6 Å².